The van der Waals surface area contributed by atoms with Crippen molar-refractivity contribution in [3.63, 3.8) is 0 Å². The van der Waals surface area contributed by atoms with Crippen molar-refractivity contribution in [3.8, 4) is 0 Å². The molecule has 2 unspecified atom stereocenters. The van der Waals surface area contributed by atoms with Crippen molar-refractivity contribution >= 4 is 11.9 Å². The second-order valence-electron chi connectivity index (χ2n) is 6.06. The van der Waals surface area contributed by atoms with Gasteiger partial charge in [0, 0.05) is 4.92 Å². The molecule has 0 aliphatic heterocycles. The van der Waals surface area contributed by atoms with Gasteiger partial charge in [0.1, 0.15) is 5.78 Å². The van der Waals surface area contributed by atoms with Crippen LogP contribution in [0.2, 0.25) is 0 Å². The topological polar surface area (TPSA) is 60.2 Å². The lowest BCUT2D eigenvalue weighted by molar-refractivity contribution is -0.485. The van der Waals surface area contributed by atoms with E-state index in [-0.39, 0.29) is 17.3 Å². The van der Waals surface area contributed by atoms with Crippen LogP contribution in [0.15, 0.2) is 66.7 Å². The monoisotopic (exact) mass is 323 g/mol. The van der Waals surface area contributed by atoms with Gasteiger partial charge in [0.15, 0.2) is 0 Å². The number of hydrogen-bond acceptors (Lipinski definition) is 3. The van der Waals surface area contributed by atoms with Gasteiger partial charge in [0.2, 0.25) is 6.54 Å². The van der Waals surface area contributed by atoms with Crippen LogP contribution in [-0.4, -0.2) is 17.3 Å². The molecule has 2 aromatic carbocycles. The van der Waals surface area contributed by atoms with Crippen LogP contribution in [0.25, 0.3) is 6.08 Å². The summed E-state index contributed by atoms with van der Waals surface area (Å²) >= 11 is 0. The summed E-state index contributed by atoms with van der Waals surface area (Å²) in [6, 6.07) is 18.8. The van der Waals surface area contributed by atoms with Crippen LogP contribution in [0.5, 0.6) is 0 Å². The van der Waals surface area contributed by atoms with Gasteiger partial charge in [0.05, 0.1) is 11.3 Å². The molecule has 0 amide bonds. The zero-order valence-corrected chi connectivity index (χ0v) is 13.9. The molecule has 4 nitrogen and oxygen atoms in total. The summed E-state index contributed by atoms with van der Waals surface area (Å²) in [5, 5.41) is 11.2. The molecular weight excluding hydrogens is 302 g/mol. The molecule has 2 rings (SSSR count). The highest BCUT2D eigenvalue weighted by molar-refractivity contribution is 5.86. The lowest BCUT2D eigenvalue weighted by Gasteiger charge is -2.31. The van der Waals surface area contributed by atoms with Gasteiger partial charge in [-0.25, -0.2) is 0 Å². The minimum Gasteiger partial charge on any atom is -0.299 e. The molecule has 0 aromatic heterocycles. The third-order valence-electron chi connectivity index (χ3n) is 4.44. The number of benzene rings is 2. The summed E-state index contributed by atoms with van der Waals surface area (Å²) in [6.07, 6.45) is 3.66. The SMILES string of the molecule is CC(=O)C(C)(/C=C/c1ccccc1)C(C[N+](=O)[O-])c1ccccc1. The van der Waals surface area contributed by atoms with Crippen LogP contribution in [0.4, 0.5) is 0 Å². The predicted octanol–water partition coefficient (Wildman–Crippen LogP) is 4.36. The quantitative estimate of drug-likeness (QED) is 0.562. The van der Waals surface area contributed by atoms with E-state index in [9.17, 15) is 14.9 Å². The van der Waals surface area contributed by atoms with Crippen molar-refractivity contribution in [1.29, 1.82) is 0 Å². The number of nitro groups is 1. The molecule has 0 radical (unpaired) electrons. The molecule has 0 bridgehead atoms. The summed E-state index contributed by atoms with van der Waals surface area (Å²) in [5.74, 6) is -0.614. The Hall–Kier alpha value is -2.75. The van der Waals surface area contributed by atoms with Gasteiger partial charge in [-0.15, -0.1) is 0 Å². The van der Waals surface area contributed by atoms with Gasteiger partial charge < -0.3 is 0 Å². The Labute approximate surface area is 142 Å². The molecular formula is C20H21NO3. The number of hydrogen-bond donors (Lipinski definition) is 0. The van der Waals surface area contributed by atoms with Crippen molar-refractivity contribution < 1.29 is 9.72 Å². The van der Waals surface area contributed by atoms with E-state index in [0.29, 0.717) is 0 Å². The largest absolute Gasteiger partial charge is 0.299 e. The lowest BCUT2D eigenvalue weighted by Crippen LogP contribution is -2.35. The first kappa shape index (κ1) is 17.6. The highest BCUT2D eigenvalue weighted by Crippen LogP contribution is 2.39. The molecule has 24 heavy (non-hydrogen) atoms. The van der Waals surface area contributed by atoms with E-state index in [1.54, 1.807) is 13.0 Å². The Balaban J connectivity index is 2.45. The standard InChI is InChI=1S/C20H21NO3/c1-16(22)20(2,14-13-17-9-5-3-6-10-17)19(15-21(23)24)18-11-7-4-8-12-18/h3-14,19H,15H2,1-2H3/b14-13+. The van der Waals surface area contributed by atoms with Crippen LogP contribution in [0.1, 0.15) is 30.9 Å². The average molecular weight is 323 g/mol. The molecule has 0 fully saturated rings. The molecule has 2 atom stereocenters. The number of Topliss-reactive ketones (excluding diaryl/α,β-unsaturated/α-hetero) is 1. The molecule has 0 aliphatic rings. The van der Waals surface area contributed by atoms with E-state index < -0.39 is 11.3 Å². The third-order valence-corrected chi connectivity index (χ3v) is 4.44. The number of ketones is 1. The Kier molecular flexibility index (Phi) is 5.64. The molecule has 0 saturated carbocycles. The second-order valence-corrected chi connectivity index (χ2v) is 6.06. The normalized spacial score (nSPS) is 14.9. The van der Waals surface area contributed by atoms with Crippen LogP contribution in [-0.2, 0) is 4.79 Å². The van der Waals surface area contributed by atoms with Crippen LogP contribution < -0.4 is 0 Å². The first-order valence-electron chi connectivity index (χ1n) is 7.85. The maximum absolute atomic E-state index is 12.4. The fraction of sp³-hybridized carbons (Fsp3) is 0.250. The van der Waals surface area contributed by atoms with E-state index in [4.69, 9.17) is 0 Å². The highest BCUT2D eigenvalue weighted by Gasteiger charge is 2.40. The van der Waals surface area contributed by atoms with Gasteiger partial charge in [-0.05, 0) is 25.0 Å². The van der Waals surface area contributed by atoms with Crippen LogP contribution in [0.3, 0.4) is 0 Å². The van der Waals surface area contributed by atoms with Gasteiger partial charge in [-0.1, -0.05) is 72.8 Å². The number of rotatable bonds is 7. The Bertz CT molecular complexity index is 725. The summed E-state index contributed by atoms with van der Waals surface area (Å²) < 4.78 is 0. The maximum Gasteiger partial charge on any atom is 0.211 e. The lowest BCUT2D eigenvalue weighted by atomic mass is 9.70. The van der Waals surface area contributed by atoms with E-state index in [1.165, 1.54) is 6.92 Å². The predicted molar refractivity (Wildman–Crippen MR) is 95.3 cm³/mol. The zero-order valence-electron chi connectivity index (χ0n) is 13.9. The summed E-state index contributed by atoms with van der Waals surface area (Å²) in [4.78, 5) is 23.3. The minimum absolute atomic E-state index is 0.0922. The Morgan fingerprint density at radius 2 is 1.67 bits per heavy atom. The van der Waals surface area contributed by atoms with Gasteiger partial charge >= 0.3 is 0 Å². The Morgan fingerprint density at radius 1 is 1.12 bits per heavy atom. The molecule has 4 heteroatoms. The van der Waals surface area contributed by atoms with E-state index >= 15 is 0 Å². The third kappa shape index (κ3) is 4.16. The highest BCUT2D eigenvalue weighted by atomic mass is 16.6. The molecule has 124 valence electrons. The number of carbonyl (C=O) groups excluding carboxylic acids is 1. The van der Waals surface area contributed by atoms with Crippen LogP contribution in [0, 0.1) is 15.5 Å². The molecule has 0 aliphatic carbocycles. The van der Waals surface area contributed by atoms with Crippen molar-refractivity contribution in [3.05, 3.63) is 88.0 Å². The summed E-state index contributed by atoms with van der Waals surface area (Å²) in [6.45, 7) is 2.97. The number of allylic oxidation sites excluding steroid dienone is 1. The summed E-state index contributed by atoms with van der Waals surface area (Å²) in [5.41, 5.74) is 0.798. The van der Waals surface area contributed by atoms with E-state index in [2.05, 4.69) is 0 Å². The summed E-state index contributed by atoms with van der Waals surface area (Å²) in [7, 11) is 0. The zero-order chi connectivity index (χ0) is 17.6. The van der Waals surface area contributed by atoms with Gasteiger partial charge in [-0.2, -0.15) is 0 Å². The van der Waals surface area contributed by atoms with Crippen molar-refractivity contribution in [2.45, 2.75) is 19.8 Å². The van der Waals surface area contributed by atoms with Crippen molar-refractivity contribution in [2.75, 3.05) is 6.54 Å². The average Bonchev–Trinajstić information content (AvgIpc) is 2.59. The second kappa shape index (κ2) is 7.68. The fourth-order valence-electron chi connectivity index (χ4n) is 2.79. The molecule has 0 N–H and O–H groups in total. The maximum atomic E-state index is 12.4. The minimum atomic E-state index is -0.954. The van der Waals surface area contributed by atoms with Gasteiger partial charge in [-0.3, -0.25) is 14.9 Å². The van der Waals surface area contributed by atoms with Crippen molar-refractivity contribution in [2.24, 2.45) is 5.41 Å². The fourth-order valence-corrected chi connectivity index (χ4v) is 2.79. The number of carbonyl (C=O) groups is 1. The number of nitrogens with zero attached hydrogens (tertiary/aromatic N) is 1. The molecule has 0 saturated heterocycles. The van der Waals surface area contributed by atoms with Crippen LogP contribution >= 0.6 is 0 Å². The van der Waals surface area contributed by atoms with E-state index in [0.717, 1.165) is 11.1 Å². The molecule has 0 heterocycles. The smallest absolute Gasteiger partial charge is 0.211 e. The van der Waals surface area contributed by atoms with Gasteiger partial charge in [0.25, 0.3) is 0 Å². The van der Waals surface area contributed by atoms with Crippen molar-refractivity contribution in [1.82, 2.24) is 0 Å². The van der Waals surface area contributed by atoms with E-state index in [1.807, 2.05) is 66.7 Å². The first-order chi connectivity index (χ1) is 11.4. The Morgan fingerprint density at radius 3 is 2.17 bits per heavy atom. The first-order valence-corrected chi connectivity index (χ1v) is 7.85. The molecule has 0 spiro atoms. The molecule has 2 aromatic rings.